The van der Waals surface area contributed by atoms with Crippen molar-refractivity contribution < 1.29 is 9.53 Å². The summed E-state index contributed by atoms with van der Waals surface area (Å²) in [4.78, 5) is 15.2. The van der Waals surface area contributed by atoms with Gasteiger partial charge in [0.25, 0.3) is 5.91 Å². The highest BCUT2D eigenvalue weighted by molar-refractivity contribution is 9.11. The summed E-state index contributed by atoms with van der Waals surface area (Å²) in [5.41, 5.74) is 0. The van der Waals surface area contributed by atoms with Crippen LogP contribution in [0.3, 0.4) is 0 Å². The molecule has 1 N–H and O–H groups in total. The van der Waals surface area contributed by atoms with Crippen LogP contribution < -0.4 is 5.32 Å². The van der Waals surface area contributed by atoms with E-state index in [1.165, 1.54) is 11.3 Å². The van der Waals surface area contributed by atoms with Crippen molar-refractivity contribution in [3.8, 4) is 0 Å². The van der Waals surface area contributed by atoms with Crippen molar-refractivity contribution in [3.63, 3.8) is 0 Å². The zero-order valence-corrected chi connectivity index (χ0v) is 9.44. The summed E-state index contributed by atoms with van der Waals surface area (Å²) in [5.74, 6) is -0.159. The van der Waals surface area contributed by atoms with Crippen molar-refractivity contribution in [2.75, 3.05) is 20.3 Å². The van der Waals surface area contributed by atoms with Gasteiger partial charge in [0.2, 0.25) is 0 Å². The Balaban J connectivity index is 2.40. The fourth-order valence-corrected chi connectivity index (χ4v) is 1.82. The third kappa shape index (κ3) is 3.41. The number of methoxy groups -OCH3 is 1. The lowest BCUT2D eigenvalue weighted by Crippen LogP contribution is -2.26. The predicted molar refractivity (Wildman–Crippen MR) is 54.0 cm³/mol. The predicted octanol–water partition coefficient (Wildman–Crippen LogP) is 1.28. The van der Waals surface area contributed by atoms with Gasteiger partial charge in [-0.15, -0.1) is 11.3 Å². The van der Waals surface area contributed by atoms with E-state index < -0.39 is 0 Å². The van der Waals surface area contributed by atoms with Crippen molar-refractivity contribution >= 4 is 33.2 Å². The number of carbonyl (C=O) groups is 1. The van der Waals surface area contributed by atoms with E-state index in [2.05, 4.69) is 26.2 Å². The highest BCUT2D eigenvalue weighted by Crippen LogP contribution is 2.18. The SMILES string of the molecule is COCCNC(=O)c1ncc(Br)s1. The lowest BCUT2D eigenvalue weighted by Gasteiger charge is -2.00. The molecule has 72 valence electrons. The molecule has 0 aliphatic rings. The van der Waals surface area contributed by atoms with Crippen LogP contribution in [0.1, 0.15) is 9.80 Å². The van der Waals surface area contributed by atoms with Crippen LogP contribution in [-0.2, 0) is 4.74 Å². The van der Waals surface area contributed by atoms with E-state index in [1.54, 1.807) is 13.3 Å². The highest BCUT2D eigenvalue weighted by atomic mass is 79.9. The highest BCUT2D eigenvalue weighted by Gasteiger charge is 2.08. The molecule has 6 heteroatoms. The number of nitrogens with one attached hydrogen (secondary N) is 1. The molecule has 1 aromatic rings. The van der Waals surface area contributed by atoms with Gasteiger partial charge in [0.05, 0.1) is 16.6 Å². The molecule has 1 heterocycles. The standard InChI is InChI=1S/C7H9BrN2O2S/c1-12-3-2-9-6(11)7-10-4-5(8)13-7/h4H,2-3H2,1H3,(H,9,11). The minimum absolute atomic E-state index is 0.159. The lowest BCUT2D eigenvalue weighted by molar-refractivity contribution is 0.0937. The van der Waals surface area contributed by atoms with Gasteiger partial charge in [0.1, 0.15) is 0 Å². The van der Waals surface area contributed by atoms with Gasteiger partial charge in [0, 0.05) is 13.7 Å². The van der Waals surface area contributed by atoms with Crippen LogP contribution in [0.5, 0.6) is 0 Å². The van der Waals surface area contributed by atoms with E-state index in [4.69, 9.17) is 4.74 Å². The van der Waals surface area contributed by atoms with E-state index >= 15 is 0 Å². The molecule has 1 rings (SSSR count). The monoisotopic (exact) mass is 264 g/mol. The number of hydrogen-bond donors (Lipinski definition) is 1. The topological polar surface area (TPSA) is 51.2 Å². The maximum Gasteiger partial charge on any atom is 0.280 e. The van der Waals surface area contributed by atoms with E-state index in [9.17, 15) is 4.79 Å². The molecule has 0 bridgehead atoms. The minimum Gasteiger partial charge on any atom is -0.383 e. The Labute approximate surface area is 88.4 Å². The van der Waals surface area contributed by atoms with Crippen molar-refractivity contribution in [2.24, 2.45) is 0 Å². The molecule has 0 saturated carbocycles. The second-order valence-corrected chi connectivity index (χ2v) is 4.63. The molecule has 0 spiro atoms. The van der Waals surface area contributed by atoms with Crippen molar-refractivity contribution in [1.82, 2.24) is 10.3 Å². The Bertz CT molecular complexity index is 290. The summed E-state index contributed by atoms with van der Waals surface area (Å²) in [6.45, 7) is 1.02. The molecule has 0 unspecified atom stereocenters. The zero-order valence-electron chi connectivity index (χ0n) is 7.04. The molecule has 0 fully saturated rings. The summed E-state index contributed by atoms with van der Waals surface area (Å²) >= 11 is 4.54. The van der Waals surface area contributed by atoms with E-state index in [-0.39, 0.29) is 5.91 Å². The number of ether oxygens (including phenoxy) is 1. The Morgan fingerprint density at radius 1 is 1.85 bits per heavy atom. The molecule has 0 aromatic carbocycles. The maximum atomic E-state index is 11.3. The van der Waals surface area contributed by atoms with Gasteiger partial charge >= 0.3 is 0 Å². The summed E-state index contributed by atoms with van der Waals surface area (Å²) in [7, 11) is 1.59. The van der Waals surface area contributed by atoms with Crippen LogP contribution in [0, 0.1) is 0 Å². The van der Waals surface area contributed by atoms with Gasteiger partial charge in [0.15, 0.2) is 5.01 Å². The smallest absolute Gasteiger partial charge is 0.280 e. The Kier molecular flexibility index (Phi) is 4.34. The van der Waals surface area contributed by atoms with E-state index in [0.717, 1.165) is 3.79 Å². The average Bonchev–Trinajstić information content (AvgIpc) is 2.52. The van der Waals surface area contributed by atoms with Crippen molar-refractivity contribution in [2.45, 2.75) is 0 Å². The fraction of sp³-hybridized carbons (Fsp3) is 0.429. The summed E-state index contributed by atoms with van der Waals surface area (Å²) in [5, 5.41) is 3.14. The lowest BCUT2D eigenvalue weighted by atomic mass is 10.6. The number of hydrogen-bond acceptors (Lipinski definition) is 4. The Morgan fingerprint density at radius 2 is 2.62 bits per heavy atom. The molecule has 0 radical (unpaired) electrons. The first-order chi connectivity index (χ1) is 6.24. The average molecular weight is 265 g/mol. The van der Waals surface area contributed by atoms with Crippen LogP contribution in [0.25, 0.3) is 0 Å². The zero-order chi connectivity index (χ0) is 9.68. The minimum atomic E-state index is -0.159. The first-order valence-electron chi connectivity index (χ1n) is 3.62. The number of halogens is 1. The van der Waals surface area contributed by atoms with Crippen LogP contribution >= 0.6 is 27.3 Å². The Hall–Kier alpha value is -0.460. The molecule has 13 heavy (non-hydrogen) atoms. The Morgan fingerprint density at radius 3 is 3.15 bits per heavy atom. The van der Waals surface area contributed by atoms with Gasteiger partial charge in [-0.25, -0.2) is 4.98 Å². The normalized spacial score (nSPS) is 10.0. The number of thiazole rings is 1. The van der Waals surface area contributed by atoms with E-state index in [1.807, 2.05) is 0 Å². The quantitative estimate of drug-likeness (QED) is 0.834. The van der Waals surface area contributed by atoms with Gasteiger partial charge in [-0.05, 0) is 15.9 Å². The number of nitrogens with zero attached hydrogens (tertiary/aromatic N) is 1. The number of aromatic nitrogens is 1. The maximum absolute atomic E-state index is 11.3. The summed E-state index contributed by atoms with van der Waals surface area (Å²) in [6.07, 6.45) is 1.61. The van der Waals surface area contributed by atoms with E-state index in [0.29, 0.717) is 18.2 Å². The molecule has 1 amide bonds. The largest absolute Gasteiger partial charge is 0.383 e. The first-order valence-corrected chi connectivity index (χ1v) is 5.23. The van der Waals surface area contributed by atoms with Gasteiger partial charge in [-0.3, -0.25) is 4.79 Å². The van der Waals surface area contributed by atoms with Crippen LogP contribution in [0.4, 0.5) is 0 Å². The van der Waals surface area contributed by atoms with Crippen molar-refractivity contribution in [3.05, 3.63) is 15.0 Å². The first kappa shape index (κ1) is 10.6. The molecular weight excluding hydrogens is 256 g/mol. The third-order valence-electron chi connectivity index (χ3n) is 1.26. The summed E-state index contributed by atoms with van der Waals surface area (Å²) in [6, 6.07) is 0. The van der Waals surface area contributed by atoms with Gasteiger partial charge in [-0.2, -0.15) is 0 Å². The number of amides is 1. The van der Waals surface area contributed by atoms with Crippen LogP contribution in [-0.4, -0.2) is 31.2 Å². The molecular formula is C7H9BrN2O2S. The second kappa shape index (κ2) is 5.31. The van der Waals surface area contributed by atoms with Crippen LogP contribution in [0.2, 0.25) is 0 Å². The van der Waals surface area contributed by atoms with Crippen LogP contribution in [0.15, 0.2) is 9.98 Å². The number of rotatable bonds is 4. The molecule has 0 atom stereocenters. The second-order valence-electron chi connectivity index (χ2n) is 2.22. The molecule has 0 saturated heterocycles. The number of carbonyl (C=O) groups excluding carboxylic acids is 1. The fourth-order valence-electron chi connectivity index (χ4n) is 0.702. The molecule has 0 aliphatic heterocycles. The van der Waals surface area contributed by atoms with Gasteiger partial charge < -0.3 is 10.1 Å². The van der Waals surface area contributed by atoms with Crippen molar-refractivity contribution in [1.29, 1.82) is 0 Å². The third-order valence-corrected chi connectivity index (χ3v) is 2.74. The molecule has 4 nitrogen and oxygen atoms in total. The molecule has 1 aromatic heterocycles. The summed E-state index contributed by atoms with van der Waals surface area (Å²) < 4.78 is 5.64. The van der Waals surface area contributed by atoms with Gasteiger partial charge in [-0.1, -0.05) is 0 Å². The molecule has 0 aliphatic carbocycles.